The van der Waals surface area contributed by atoms with Crippen molar-refractivity contribution in [3.63, 3.8) is 0 Å². The fourth-order valence-electron chi connectivity index (χ4n) is 2.46. The third-order valence-corrected chi connectivity index (χ3v) is 6.74. The number of halogens is 1. The summed E-state index contributed by atoms with van der Waals surface area (Å²) < 4.78 is 40.6. The molecule has 0 bridgehead atoms. The van der Waals surface area contributed by atoms with Gasteiger partial charge in [0.05, 0.1) is 17.0 Å². The molecule has 1 aromatic heterocycles. The molecule has 0 atom stereocenters. The van der Waals surface area contributed by atoms with Crippen LogP contribution in [0.3, 0.4) is 0 Å². The largest absolute Gasteiger partial charge is 0.336 e. The Morgan fingerprint density at radius 1 is 1.20 bits per heavy atom. The summed E-state index contributed by atoms with van der Waals surface area (Å²) in [6.45, 7) is 4.40. The molecule has 136 valence electrons. The van der Waals surface area contributed by atoms with Gasteiger partial charge < -0.3 is 4.90 Å². The van der Waals surface area contributed by atoms with Crippen molar-refractivity contribution < 1.29 is 17.6 Å². The SMILES string of the molecule is CCN(CC)S(=O)(=O)c1ccc(F)c(C(=O)N(C)Cc2cccs2)c1. The highest BCUT2D eigenvalue weighted by molar-refractivity contribution is 7.89. The summed E-state index contributed by atoms with van der Waals surface area (Å²) in [6.07, 6.45) is 0. The van der Waals surface area contributed by atoms with Gasteiger partial charge >= 0.3 is 0 Å². The van der Waals surface area contributed by atoms with Crippen molar-refractivity contribution >= 4 is 27.3 Å². The van der Waals surface area contributed by atoms with Crippen LogP contribution in [0.4, 0.5) is 4.39 Å². The normalized spacial score (nSPS) is 11.7. The Hall–Kier alpha value is -1.77. The van der Waals surface area contributed by atoms with E-state index in [4.69, 9.17) is 0 Å². The molecule has 0 aliphatic heterocycles. The molecule has 2 rings (SSSR count). The molecule has 0 unspecified atom stereocenters. The molecule has 0 aliphatic carbocycles. The van der Waals surface area contributed by atoms with Crippen LogP contribution in [0.2, 0.25) is 0 Å². The number of rotatable bonds is 7. The van der Waals surface area contributed by atoms with Gasteiger partial charge in [0, 0.05) is 25.0 Å². The Bertz CT molecular complexity index is 832. The molecule has 0 N–H and O–H groups in total. The minimum atomic E-state index is -3.75. The minimum absolute atomic E-state index is 0.0783. The number of thiophene rings is 1. The van der Waals surface area contributed by atoms with Gasteiger partial charge in [-0.25, -0.2) is 12.8 Å². The third kappa shape index (κ3) is 4.26. The summed E-state index contributed by atoms with van der Waals surface area (Å²) in [4.78, 5) is 14.8. The van der Waals surface area contributed by atoms with Crippen LogP contribution in [-0.2, 0) is 16.6 Å². The number of benzene rings is 1. The van der Waals surface area contributed by atoms with E-state index < -0.39 is 21.7 Å². The van der Waals surface area contributed by atoms with Crippen molar-refractivity contribution in [3.8, 4) is 0 Å². The summed E-state index contributed by atoms with van der Waals surface area (Å²) in [6, 6.07) is 7.10. The molecule has 0 radical (unpaired) electrons. The van der Waals surface area contributed by atoms with Crippen molar-refractivity contribution in [1.82, 2.24) is 9.21 Å². The van der Waals surface area contributed by atoms with Gasteiger partial charge in [-0.05, 0) is 29.6 Å². The van der Waals surface area contributed by atoms with Crippen LogP contribution >= 0.6 is 11.3 Å². The van der Waals surface area contributed by atoms with Gasteiger partial charge in [-0.3, -0.25) is 4.79 Å². The van der Waals surface area contributed by atoms with E-state index >= 15 is 0 Å². The third-order valence-electron chi connectivity index (χ3n) is 3.83. The lowest BCUT2D eigenvalue weighted by atomic mass is 10.2. The lowest BCUT2D eigenvalue weighted by molar-refractivity contribution is 0.0781. The van der Waals surface area contributed by atoms with E-state index in [9.17, 15) is 17.6 Å². The van der Waals surface area contributed by atoms with E-state index in [-0.39, 0.29) is 10.5 Å². The predicted molar refractivity (Wildman–Crippen MR) is 96.6 cm³/mol. The Labute approximate surface area is 151 Å². The van der Waals surface area contributed by atoms with Crippen LogP contribution in [0.1, 0.15) is 29.1 Å². The highest BCUT2D eigenvalue weighted by Crippen LogP contribution is 2.21. The van der Waals surface area contributed by atoms with Gasteiger partial charge in [-0.2, -0.15) is 4.31 Å². The van der Waals surface area contributed by atoms with Gasteiger partial charge in [0.2, 0.25) is 10.0 Å². The number of carbonyl (C=O) groups excluding carboxylic acids is 1. The zero-order valence-corrected chi connectivity index (χ0v) is 16.0. The molecule has 0 saturated carbocycles. The van der Waals surface area contributed by atoms with Gasteiger partial charge in [0.1, 0.15) is 5.82 Å². The fraction of sp³-hybridized carbons (Fsp3) is 0.353. The maximum absolute atomic E-state index is 14.2. The molecule has 25 heavy (non-hydrogen) atoms. The second-order valence-electron chi connectivity index (χ2n) is 5.47. The van der Waals surface area contributed by atoms with Crippen LogP contribution in [0.15, 0.2) is 40.6 Å². The first-order valence-electron chi connectivity index (χ1n) is 7.88. The summed E-state index contributed by atoms with van der Waals surface area (Å²) in [7, 11) is -2.19. The molecule has 5 nitrogen and oxygen atoms in total. The fourth-order valence-corrected chi connectivity index (χ4v) is 4.70. The van der Waals surface area contributed by atoms with E-state index in [0.717, 1.165) is 17.0 Å². The van der Waals surface area contributed by atoms with Crippen molar-refractivity contribution in [2.75, 3.05) is 20.1 Å². The van der Waals surface area contributed by atoms with Crippen LogP contribution < -0.4 is 0 Å². The molecule has 0 spiro atoms. The molecule has 8 heteroatoms. The second-order valence-corrected chi connectivity index (χ2v) is 8.44. The van der Waals surface area contributed by atoms with Crippen LogP contribution in [0, 0.1) is 5.82 Å². The average Bonchev–Trinajstić information content (AvgIpc) is 3.08. The van der Waals surface area contributed by atoms with Crippen LogP contribution in [-0.4, -0.2) is 43.7 Å². The van der Waals surface area contributed by atoms with Gasteiger partial charge in [-0.15, -0.1) is 11.3 Å². The second kappa shape index (κ2) is 8.07. The van der Waals surface area contributed by atoms with Crippen molar-refractivity contribution in [2.45, 2.75) is 25.3 Å². The van der Waals surface area contributed by atoms with Crippen LogP contribution in [0.25, 0.3) is 0 Å². The quantitative estimate of drug-likeness (QED) is 0.737. The van der Waals surface area contributed by atoms with E-state index in [1.54, 1.807) is 20.9 Å². The summed E-state index contributed by atoms with van der Waals surface area (Å²) in [5.74, 6) is -1.29. The van der Waals surface area contributed by atoms with E-state index in [0.29, 0.717) is 19.6 Å². The maximum atomic E-state index is 14.2. The molecule has 1 aromatic carbocycles. The monoisotopic (exact) mass is 384 g/mol. The molecule has 0 fully saturated rings. The number of nitrogens with zero attached hydrogens (tertiary/aromatic N) is 2. The van der Waals surface area contributed by atoms with Crippen LogP contribution in [0.5, 0.6) is 0 Å². The average molecular weight is 384 g/mol. The Morgan fingerprint density at radius 2 is 1.88 bits per heavy atom. The number of carbonyl (C=O) groups is 1. The highest BCUT2D eigenvalue weighted by Gasteiger charge is 2.25. The molecule has 1 amide bonds. The standard InChI is InChI=1S/C17H21FN2O3S2/c1-4-20(5-2)25(22,23)14-8-9-16(18)15(11-14)17(21)19(3)12-13-7-6-10-24-13/h6-11H,4-5,12H2,1-3H3. The molecular formula is C17H21FN2O3S2. The zero-order valence-electron chi connectivity index (χ0n) is 14.4. The first kappa shape index (κ1) is 19.6. The molecule has 0 saturated heterocycles. The molecule has 0 aliphatic rings. The maximum Gasteiger partial charge on any atom is 0.256 e. The Balaban J connectivity index is 2.34. The lowest BCUT2D eigenvalue weighted by Crippen LogP contribution is -2.31. The minimum Gasteiger partial charge on any atom is -0.336 e. The van der Waals surface area contributed by atoms with Gasteiger partial charge in [-0.1, -0.05) is 19.9 Å². The molecule has 1 heterocycles. The van der Waals surface area contributed by atoms with E-state index in [1.807, 2.05) is 17.5 Å². The zero-order chi connectivity index (χ0) is 18.6. The van der Waals surface area contributed by atoms with E-state index in [1.165, 1.54) is 26.6 Å². The van der Waals surface area contributed by atoms with Crippen molar-refractivity contribution in [3.05, 3.63) is 52.0 Å². The summed E-state index contributed by atoms with van der Waals surface area (Å²) in [5, 5.41) is 1.89. The van der Waals surface area contributed by atoms with E-state index in [2.05, 4.69) is 0 Å². The van der Waals surface area contributed by atoms with Gasteiger partial charge in [0.25, 0.3) is 5.91 Å². The topological polar surface area (TPSA) is 57.7 Å². The van der Waals surface area contributed by atoms with Gasteiger partial charge in [0.15, 0.2) is 0 Å². The van der Waals surface area contributed by atoms with Crippen molar-refractivity contribution in [1.29, 1.82) is 0 Å². The number of sulfonamides is 1. The summed E-state index contributed by atoms with van der Waals surface area (Å²) in [5.41, 5.74) is -0.243. The number of hydrogen-bond donors (Lipinski definition) is 0. The smallest absolute Gasteiger partial charge is 0.256 e. The number of amides is 1. The Kier molecular flexibility index (Phi) is 6.31. The lowest BCUT2D eigenvalue weighted by Gasteiger charge is -2.20. The predicted octanol–water partition coefficient (Wildman–Crippen LogP) is 3.19. The summed E-state index contributed by atoms with van der Waals surface area (Å²) >= 11 is 1.50. The molecular weight excluding hydrogens is 363 g/mol. The highest BCUT2D eigenvalue weighted by atomic mass is 32.2. The number of hydrogen-bond acceptors (Lipinski definition) is 4. The first-order valence-corrected chi connectivity index (χ1v) is 10.2. The molecule has 2 aromatic rings. The first-order chi connectivity index (χ1) is 11.8. The Morgan fingerprint density at radius 3 is 2.44 bits per heavy atom. The van der Waals surface area contributed by atoms with Crippen molar-refractivity contribution in [2.24, 2.45) is 0 Å².